The summed E-state index contributed by atoms with van der Waals surface area (Å²) < 4.78 is 2.16. The van der Waals surface area contributed by atoms with Crippen LogP contribution in [0, 0.1) is 29.1 Å². The zero-order valence-electron chi connectivity index (χ0n) is 16.6. The molecule has 2 aliphatic rings. The first-order valence-corrected chi connectivity index (χ1v) is 10.8. The fourth-order valence-corrected chi connectivity index (χ4v) is 5.38. The Morgan fingerprint density at radius 2 is 2.03 bits per heavy atom. The van der Waals surface area contributed by atoms with Crippen LogP contribution >= 0.6 is 11.6 Å². The molecule has 0 aliphatic heterocycles. The molecule has 1 amide bonds. The fourth-order valence-electron chi connectivity index (χ4n) is 5.26. The summed E-state index contributed by atoms with van der Waals surface area (Å²) in [5.41, 5.74) is 2.80. The minimum atomic E-state index is -0.0295. The van der Waals surface area contributed by atoms with Gasteiger partial charge in [0.25, 0.3) is 5.91 Å². The van der Waals surface area contributed by atoms with Gasteiger partial charge in [-0.2, -0.15) is 5.26 Å². The van der Waals surface area contributed by atoms with E-state index in [0.717, 1.165) is 30.4 Å². The number of aromatic nitrogens is 3. The van der Waals surface area contributed by atoms with Gasteiger partial charge in [-0.1, -0.05) is 18.5 Å². The summed E-state index contributed by atoms with van der Waals surface area (Å²) in [7, 11) is 0. The Labute approximate surface area is 179 Å². The molecule has 7 heteroatoms. The monoisotopic (exact) mass is 419 g/mol. The van der Waals surface area contributed by atoms with Crippen LogP contribution in [0.2, 0.25) is 5.02 Å². The van der Waals surface area contributed by atoms with Gasteiger partial charge in [-0.15, -0.1) is 0 Å². The van der Waals surface area contributed by atoms with E-state index in [2.05, 4.69) is 32.8 Å². The number of pyridine rings is 1. The van der Waals surface area contributed by atoms with Crippen molar-refractivity contribution in [2.45, 2.75) is 38.3 Å². The smallest absolute Gasteiger partial charge is 0.251 e. The molecule has 2 aromatic heterocycles. The van der Waals surface area contributed by atoms with Gasteiger partial charge in [0, 0.05) is 28.9 Å². The molecule has 3 unspecified atom stereocenters. The molecule has 0 radical (unpaired) electrons. The van der Waals surface area contributed by atoms with Crippen LogP contribution in [0.5, 0.6) is 0 Å². The Morgan fingerprint density at radius 1 is 1.30 bits per heavy atom. The fraction of sp³-hybridized carbons (Fsp3) is 0.391. The van der Waals surface area contributed by atoms with Crippen LogP contribution in [-0.4, -0.2) is 26.5 Å². The number of nitriles is 1. The molecule has 2 fully saturated rings. The summed E-state index contributed by atoms with van der Waals surface area (Å²) in [4.78, 5) is 21.5. The van der Waals surface area contributed by atoms with E-state index in [1.165, 1.54) is 0 Å². The molecule has 0 spiro atoms. The first-order valence-electron chi connectivity index (χ1n) is 10.4. The van der Waals surface area contributed by atoms with Gasteiger partial charge in [-0.25, -0.2) is 9.97 Å². The topological polar surface area (TPSA) is 83.6 Å². The quantitative estimate of drug-likeness (QED) is 0.665. The molecule has 2 saturated carbocycles. The molecule has 152 valence electrons. The lowest BCUT2D eigenvalue weighted by atomic mass is 9.99. The first-order chi connectivity index (χ1) is 14.6. The van der Waals surface area contributed by atoms with Crippen LogP contribution < -0.4 is 5.32 Å². The highest BCUT2D eigenvalue weighted by molar-refractivity contribution is 6.30. The van der Waals surface area contributed by atoms with Crippen molar-refractivity contribution in [2.24, 2.45) is 17.8 Å². The average molecular weight is 420 g/mol. The van der Waals surface area contributed by atoms with Gasteiger partial charge >= 0.3 is 0 Å². The molecular weight excluding hydrogens is 398 g/mol. The van der Waals surface area contributed by atoms with Crippen LogP contribution in [0.1, 0.15) is 48.1 Å². The van der Waals surface area contributed by atoms with Crippen LogP contribution in [0.15, 0.2) is 42.9 Å². The zero-order valence-corrected chi connectivity index (χ0v) is 17.4. The lowest BCUT2D eigenvalue weighted by molar-refractivity contribution is 0.0927. The molecule has 2 heterocycles. The summed E-state index contributed by atoms with van der Waals surface area (Å²) in [6.07, 6.45) is 6.54. The van der Waals surface area contributed by atoms with E-state index < -0.39 is 0 Å². The summed E-state index contributed by atoms with van der Waals surface area (Å²) >= 11 is 5.93. The molecule has 1 N–H and O–H groups in total. The van der Waals surface area contributed by atoms with Gasteiger partial charge in [0.1, 0.15) is 11.6 Å². The number of rotatable bonds is 5. The molecule has 30 heavy (non-hydrogen) atoms. The first kappa shape index (κ1) is 19.1. The zero-order chi connectivity index (χ0) is 20.8. The van der Waals surface area contributed by atoms with Crippen LogP contribution in [-0.2, 0) is 0 Å². The normalized spacial score (nSPS) is 25.5. The van der Waals surface area contributed by atoms with Crippen molar-refractivity contribution in [1.29, 1.82) is 5.26 Å². The van der Waals surface area contributed by atoms with Crippen LogP contribution in [0.3, 0.4) is 0 Å². The minimum absolute atomic E-state index is 0.0295. The van der Waals surface area contributed by atoms with Gasteiger partial charge in [-0.3, -0.25) is 4.79 Å². The SMILES string of the molecule is CCC(NC(=O)c1ccc(Cl)cc1)C1[C@H]2CC(n3cnc4cc(C#N)cnc43)C[C@@H]12. The van der Waals surface area contributed by atoms with Gasteiger partial charge in [0.2, 0.25) is 0 Å². The van der Waals surface area contributed by atoms with Crippen molar-refractivity contribution in [3.05, 3.63) is 59.0 Å². The highest BCUT2D eigenvalue weighted by Crippen LogP contribution is 2.62. The number of fused-ring (bicyclic) bond motifs is 2. The van der Waals surface area contributed by atoms with E-state index in [1.807, 2.05) is 6.33 Å². The Balaban J connectivity index is 1.25. The van der Waals surface area contributed by atoms with E-state index >= 15 is 0 Å². The molecule has 1 aromatic carbocycles. The van der Waals surface area contributed by atoms with E-state index in [-0.39, 0.29) is 11.9 Å². The van der Waals surface area contributed by atoms with Gasteiger partial charge in [0.05, 0.1) is 11.9 Å². The summed E-state index contributed by atoms with van der Waals surface area (Å²) in [5, 5.41) is 12.9. The second kappa shape index (κ2) is 7.41. The van der Waals surface area contributed by atoms with Crippen LogP contribution in [0.4, 0.5) is 0 Å². The second-order valence-corrected chi connectivity index (χ2v) is 8.79. The Hall–Kier alpha value is -2.91. The largest absolute Gasteiger partial charge is 0.349 e. The van der Waals surface area contributed by atoms with Crippen molar-refractivity contribution >= 4 is 28.7 Å². The maximum Gasteiger partial charge on any atom is 0.251 e. The predicted molar refractivity (Wildman–Crippen MR) is 114 cm³/mol. The van der Waals surface area contributed by atoms with Crippen molar-refractivity contribution in [3.63, 3.8) is 0 Å². The molecule has 5 rings (SSSR count). The molecule has 0 bridgehead atoms. The molecule has 5 atom stereocenters. The second-order valence-electron chi connectivity index (χ2n) is 8.36. The Bertz CT molecular complexity index is 1140. The number of benzene rings is 1. The maximum absolute atomic E-state index is 12.6. The van der Waals surface area contributed by atoms with Crippen LogP contribution in [0.25, 0.3) is 11.2 Å². The minimum Gasteiger partial charge on any atom is -0.349 e. The number of hydrogen-bond donors (Lipinski definition) is 1. The molecule has 2 aliphatic carbocycles. The molecule has 0 saturated heterocycles. The van der Waals surface area contributed by atoms with Crippen molar-refractivity contribution in [3.8, 4) is 6.07 Å². The average Bonchev–Trinajstić information content (AvgIpc) is 3.09. The standard InChI is InChI=1S/C23H22ClN5O/c1-2-19(28-23(30)14-3-5-15(24)6-4-14)21-17-8-16(9-18(17)21)29-12-27-20-7-13(10-25)11-26-22(20)29/h3-7,11-12,16-19,21H,2,8-9H2,1H3,(H,28,30)/t16?,17-,18+,19?,21?. The van der Waals surface area contributed by atoms with E-state index in [0.29, 0.717) is 39.9 Å². The summed E-state index contributed by atoms with van der Waals surface area (Å²) in [6.45, 7) is 2.14. The Kier molecular flexibility index (Phi) is 4.71. The third-order valence-corrected chi connectivity index (χ3v) is 7.00. The number of hydrogen-bond acceptors (Lipinski definition) is 4. The Morgan fingerprint density at radius 3 is 2.70 bits per heavy atom. The van der Waals surface area contributed by atoms with E-state index in [1.54, 1.807) is 36.5 Å². The van der Waals surface area contributed by atoms with Gasteiger partial charge < -0.3 is 9.88 Å². The number of imidazole rings is 1. The number of amides is 1. The maximum atomic E-state index is 12.6. The lowest BCUT2D eigenvalue weighted by Gasteiger charge is -2.22. The highest BCUT2D eigenvalue weighted by atomic mass is 35.5. The molecule has 6 nitrogen and oxygen atoms in total. The molecular formula is C23H22ClN5O. The number of carbonyl (C=O) groups is 1. The number of nitrogens with one attached hydrogen (secondary N) is 1. The highest BCUT2D eigenvalue weighted by Gasteiger charge is 2.59. The van der Waals surface area contributed by atoms with Crippen molar-refractivity contribution in [2.75, 3.05) is 0 Å². The summed E-state index contributed by atoms with van der Waals surface area (Å²) in [6, 6.07) is 11.5. The number of nitrogens with zero attached hydrogens (tertiary/aromatic N) is 4. The number of halogens is 1. The number of carbonyl (C=O) groups excluding carboxylic acids is 1. The van der Waals surface area contributed by atoms with Crippen molar-refractivity contribution in [1.82, 2.24) is 19.9 Å². The third kappa shape index (κ3) is 3.23. The van der Waals surface area contributed by atoms with Gasteiger partial charge in [-0.05, 0) is 67.3 Å². The third-order valence-electron chi connectivity index (χ3n) is 6.75. The predicted octanol–water partition coefficient (Wildman–Crippen LogP) is 4.36. The van der Waals surface area contributed by atoms with Crippen molar-refractivity contribution < 1.29 is 4.79 Å². The summed E-state index contributed by atoms with van der Waals surface area (Å²) in [5.74, 6) is 1.76. The van der Waals surface area contributed by atoms with Gasteiger partial charge in [0.15, 0.2) is 5.65 Å². The van der Waals surface area contributed by atoms with E-state index in [9.17, 15) is 4.79 Å². The lowest BCUT2D eigenvalue weighted by Crippen LogP contribution is -2.37. The molecule has 3 aromatic rings. The van der Waals surface area contributed by atoms with E-state index in [4.69, 9.17) is 16.9 Å².